The number of aliphatic hydroxyl groups excluding tert-OH is 1. The van der Waals surface area contributed by atoms with Gasteiger partial charge in [0.2, 0.25) is 0 Å². The van der Waals surface area contributed by atoms with Crippen molar-refractivity contribution in [3.05, 3.63) is 53.3 Å². The topological polar surface area (TPSA) is 38.0 Å². The van der Waals surface area contributed by atoms with E-state index in [1.807, 2.05) is 44.4 Å². The van der Waals surface area contributed by atoms with E-state index >= 15 is 0 Å². The lowest BCUT2D eigenvalue weighted by atomic mass is 10.2. The van der Waals surface area contributed by atoms with E-state index in [0.717, 1.165) is 27.6 Å². The first-order chi connectivity index (χ1) is 9.08. The molecule has 0 amide bonds. The zero-order chi connectivity index (χ0) is 14.3. The van der Waals surface area contributed by atoms with Crippen molar-refractivity contribution in [1.29, 1.82) is 0 Å². The number of hydrogen-bond acceptors (Lipinski definition) is 2. The molecule has 0 saturated heterocycles. The lowest BCUT2D eigenvalue weighted by molar-refractivity contribution is 0.282. The fourth-order valence-corrected chi connectivity index (χ4v) is 1.57. The molecule has 0 spiro atoms. The van der Waals surface area contributed by atoms with E-state index < -0.39 is 0 Å². The van der Waals surface area contributed by atoms with Gasteiger partial charge in [0.1, 0.15) is 0 Å². The summed E-state index contributed by atoms with van der Waals surface area (Å²) in [6.07, 6.45) is 5.93. The highest BCUT2D eigenvalue weighted by Gasteiger charge is 2.01. The Kier molecular flexibility index (Phi) is 6.53. The molecule has 1 aromatic carbocycles. The van der Waals surface area contributed by atoms with E-state index in [1.165, 1.54) is 0 Å². The summed E-state index contributed by atoms with van der Waals surface area (Å²) in [6, 6.07) is 5.84. The van der Waals surface area contributed by atoms with Crippen LogP contribution in [-0.2, 0) is 13.2 Å². The SMILES string of the molecule is C/C=C\Cn1cnc2cc(CO)ccc21.C=C(C)Br. The minimum atomic E-state index is 0.0671. The van der Waals surface area contributed by atoms with Crippen LogP contribution < -0.4 is 0 Å². The summed E-state index contributed by atoms with van der Waals surface area (Å²) in [6.45, 7) is 8.27. The monoisotopic (exact) mass is 322 g/mol. The molecule has 0 bridgehead atoms. The summed E-state index contributed by atoms with van der Waals surface area (Å²) in [7, 11) is 0. The first-order valence-corrected chi connectivity index (χ1v) is 6.84. The number of hydrogen-bond donors (Lipinski definition) is 1. The smallest absolute Gasteiger partial charge is 0.0961 e. The van der Waals surface area contributed by atoms with Crippen molar-refractivity contribution in [3.8, 4) is 0 Å². The summed E-state index contributed by atoms with van der Waals surface area (Å²) in [5.74, 6) is 0. The molecule has 4 heteroatoms. The van der Waals surface area contributed by atoms with E-state index in [4.69, 9.17) is 5.11 Å². The van der Waals surface area contributed by atoms with Gasteiger partial charge in [-0.05, 0) is 36.0 Å². The third-order valence-electron chi connectivity index (χ3n) is 2.41. The predicted molar refractivity (Wildman–Crippen MR) is 84.2 cm³/mol. The molecular weight excluding hydrogens is 304 g/mol. The molecule has 102 valence electrons. The van der Waals surface area contributed by atoms with Gasteiger partial charge in [0.05, 0.1) is 24.0 Å². The second kappa shape index (κ2) is 7.92. The van der Waals surface area contributed by atoms with Crippen LogP contribution in [0.15, 0.2) is 47.7 Å². The Hall–Kier alpha value is -1.39. The summed E-state index contributed by atoms with van der Waals surface area (Å²) in [4.78, 5) is 4.30. The second-order valence-corrected chi connectivity index (χ2v) is 5.48. The molecule has 1 aromatic heterocycles. The highest BCUT2D eigenvalue weighted by molar-refractivity contribution is 9.11. The maximum atomic E-state index is 9.00. The standard InChI is InChI=1S/C12H14N2O.C3H5Br/c1-2-3-6-14-9-13-11-7-10(8-15)4-5-12(11)14;1-3(2)4/h2-5,7,9,15H,6,8H2,1H3;1H2,2H3/b3-2-;. The quantitative estimate of drug-likeness (QED) is 0.867. The normalized spacial score (nSPS) is 10.5. The number of rotatable bonds is 3. The van der Waals surface area contributed by atoms with Gasteiger partial charge in [0.15, 0.2) is 0 Å². The van der Waals surface area contributed by atoms with E-state index in [0.29, 0.717) is 0 Å². The lowest BCUT2D eigenvalue weighted by Gasteiger charge is -2.00. The zero-order valence-electron chi connectivity index (χ0n) is 11.3. The minimum Gasteiger partial charge on any atom is -0.392 e. The van der Waals surface area contributed by atoms with Crippen molar-refractivity contribution in [1.82, 2.24) is 9.55 Å². The number of imidazole rings is 1. The average molecular weight is 323 g/mol. The van der Waals surface area contributed by atoms with Gasteiger partial charge in [-0.15, -0.1) is 0 Å². The first kappa shape index (κ1) is 15.7. The van der Waals surface area contributed by atoms with Crippen molar-refractivity contribution < 1.29 is 5.11 Å². The molecule has 0 radical (unpaired) electrons. The van der Waals surface area contributed by atoms with Crippen LogP contribution in [0.2, 0.25) is 0 Å². The summed E-state index contributed by atoms with van der Waals surface area (Å²) < 4.78 is 3.06. The van der Waals surface area contributed by atoms with Gasteiger partial charge in [0.25, 0.3) is 0 Å². The molecule has 3 nitrogen and oxygen atoms in total. The molecule has 0 fully saturated rings. The molecule has 2 aromatic rings. The van der Waals surface area contributed by atoms with Crippen LogP contribution in [0.25, 0.3) is 11.0 Å². The number of nitrogens with zero attached hydrogens (tertiary/aromatic N) is 2. The maximum Gasteiger partial charge on any atom is 0.0961 e. The van der Waals surface area contributed by atoms with Crippen LogP contribution >= 0.6 is 15.9 Å². The van der Waals surface area contributed by atoms with Crippen LogP contribution in [0, 0.1) is 0 Å². The van der Waals surface area contributed by atoms with Crippen LogP contribution in [-0.4, -0.2) is 14.7 Å². The van der Waals surface area contributed by atoms with E-state index in [1.54, 1.807) is 0 Å². The van der Waals surface area contributed by atoms with E-state index in [-0.39, 0.29) is 6.61 Å². The Morgan fingerprint density at radius 3 is 2.79 bits per heavy atom. The van der Waals surface area contributed by atoms with Crippen molar-refractivity contribution in [3.63, 3.8) is 0 Å². The third-order valence-corrected chi connectivity index (χ3v) is 2.41. The Morgan fingerprint density at radius 2 is 2.21 bits per heavy atom. The van der Waals surface area contributed by atoms with E-state index in [9.17, 15) is 0 Å². The summed E-state index contributed by atoms with van der Waals surface area (Å²) in [5, 5.41) is 9.00. The zero-order valence-corrected chi connectivity index (χ0v) is 12.9. The number of allylic oxidation sites excluding steroid dienone is 3. The molecule has 0 aliphatic carbocycles. The fourth-order valence-electron chi connectivity index (χ4n) is 1.57. The van der Waals surface area contributed by atoms with Crippen molar-refractivity contribution in [2.45, 2.75) is 27.0 Å². The summed E-state index contributed by atoms with van der Waals surface area (Å²) >= 11 is 3.08. The van der Waals surface area contributed by atoms with Crippen LogP contribution in [0.1, 0.15) is 19.4 Å². The van der Waals surface area contributed by atoms with Gasteiger partial charge in [-0.1, -0.05) is 40.7 Å². The number of benzene rings is 1. The molecular formula is C15H19BrN2O. The van der Waals surface area contributed by atoms with Crippen molar-refractivity contribution in [2.75, 3.05) is 0 Å². The van der Waals surface area contributed by atoms with Crippen molar-refractivity contribution >= 4 is 27.0 Å². The molecule has 0 unspecified atom stereocenters. The molecule has 0 aliphatic rings. The fraction of sp³-hybridized carbons (Fsp3) is 0.267. The Labute approximate surface area is 122 Å². The third kappa shape index (κ3) is 5.01. The number of aromatic nitrogens is 2. The second-order valence-electron chi connectivity index (χ2n) is 4.12. The van der Waals surface area contributed by atoms with Crippen molar-refractivity contribution in [2.24, 2.45) is 0 Å². The van der Waals surface area contributed by atoms with Gasteiger partial charge >= 0.3 is 0 Å². The van der Waals surface area contributed by atoms with Gasteiger partial charge in [0, 0.05) is 6.54 Å². The Balaban J connectivity index is 0.000000399. The minimum absolute atomic E-state index is 0.0671. The number of halogens is 1. The lowest BCUT2D eigenvalue weighted by Crippen LogP contribution is -1.92. The highest BCUT2D eigenvalue weighted by Crippen LogP contribution is 2.14. The number of fused-ring (bicyclic) bond motifs is 1. The summed E-state index contributed by atoms with van der Waals surface area (Å²) in [5.41, 5.74) is 2.94. The largest absolute Gasteiger partial charge is 0.392 e. The van der Waals surface area contributed by atoms with Gasteiger partial charge < -0.3 is 9.67 Å². The van der Waals surface area contributed by atoms with Gasteiger partial charge in [-0.25, -0.2) is 4.98 Å². The number of aliphatic hydroxyl groups is 1. The van der Waals surface area contributed by atoms with E-state index in [2.05, 4.69) is 38.1 Å². The van der Waals surface area contributed by atoms with Crippen LogP contribution in [0.4, 0.5) is 0 Å². The Bertz CT molecular complexity index is 569. The van der Waals surface area contributed by atoms with Crippen LogP contribution in [0.3, 0.4) is 0 Å². The predicted octanol–water partition coefficient (Wildman–Crippen LogP) is 4.02. The molecule has 1 heterocycles. The highest BCUT2D eigenvalue weighted by atomic mass is 79.9. The molecule has 0 atom stereocenters. The Morgan fingerprint density at radius 1 is 1.53 bits per heavy atom. The molecule has 1 N–H and O–H groups in total. The average Bonchev–Trinajstić information content (AvgIpc) is 2.77. The molecule has 0 aliphatic heterocycles. The first-order valence-electron chi connectivity index (χ1n) is 6.05. The van der Waals surface area contributed by atoms with Crippen LogP contribution in [0.5, 0.6) is 0 Å². The molecule has 19 heavy (non-hydrogen) atoms. The molecule has 0 saturated carbocycles. The molecule has 2 rings (SSSR count). The van der Waals surface area contributed by atoms with Gasteiger partial charge in [-0.2, -0.15) is 0 Å². The van der Waals surface area contributed by atoms with Gasteiger partial charge in [-0.3, -0.25) is 0 Å². The maximum absolute atomic E-state index is 9.00.